The molecule has 108 valence electrons. The van der Waals surface area contributed by atoms with Gasteiger partial charge in [-0.05, 0) is 23.6 Å². The Hall–Kier alpha value is -1.15. The minimum atomic E-state index is -3.99. The third-order valence-corrected chi connectivity index (χ3v) is 5.56. The smallest absolute Gasteiger partial charge is 0.246 e. The summed E-state index contributed by atoms with van der Waals surface area (Å²) < 4.78 is 39.7. The van der Waals surface area contributed by atoms with Crippen molar-refractivity contribution in [2.75, 3.05) is 12.8 Å². The zero-order valence-electron chi connectivity index (χ0n) is 10.5. The molecule has 2 rings (SSSR count). The van der Waals surface area contributed by atoms with Gasteiger partial charge in [-0.15, -0.1) is 11.3 Å². The highest BCUT2D eigenvalue weighted by Gasteiger charge is 2.26. The van der Waals surface area contributed by atoms with Gasteiger partial charge < -0.3 is 5.73 Å². The monoisotopic (exact) mass is 334 g/mol. The standard InChI is InChI=1S/C12H12ClFN2O2S2/c1-16(7-9-3-2-4-19-9)20(17,18)11-6-8(13)5-10(15)12(11)14/h2-6H,7,15H2,1H3. The molecule has 0 spiro atoms. The normalized spacial score (nSPS) is 12.0. The molecule has 4 nitrogen and oxygen atoms in total. The number of benzene rings is 1. The highest BCUT2D eigenvalue weighted by molar-refractivity contribution is 7.89. The SMILES string of the molecule is CN(Cc1cccs1)S(=O)(=O)c1cc(Cl)cc(N)c1F. The van der Waals surface area contributed by atoms with Gasteiger partial charge in [0.25, 0.3) is 0 Å². The second-order valence-corrected chi connectivity index (χ2v) is 7.63. The van der Waals surface area contributed by atoms with Crippen LogP contribution in [0.4, 0.5) is 10.1 Å². The lowest BCUT2D eigenvalue weighted by atomic mass is 10.3. The lowest BCUT2D eigenvalue weighted by molar-refractivity contribution is 0.463. The van der Waals surface area contributed by atoms with Crippen molar-refractivity contribution >= 4 is 38.6 Å². The molecule has 0 aliphatic rings. The number of anilines is 1. The van der Waals surface area contributed by atoms with Crippen molar-refractivity contribution in [1.82, 2.24) is 4.31 Å². The minimum Gasteiger partial charge on any atom is -0.396 e. The van der Waals surface area contributed by atoms with Crippen molar-refractivity contribution in [2.45, 2.75) is 11.4 Å². The Bertz CT molecular complexity index is 717. The number of nitrogens with two attached hydrogens (primary N) is 1. The molecule has 0 atom stereocenters. The van der Waals surface area contributed by atoms with Gasteiger partial charge in [-0.25, -0.2) is 12.8 Å². The van der Waals surface area contributed by atoms with Crippen LogP contribution in [0.5, 0.6) is 0 Å². The average molecular weight is 335 g/mol. The lowest BCUT2D eigenvalue weighted by Gasteiger charge is -2.17. The predicted octanol–water partition coefficient (Wildman–Crippen LogP) is 2.94. The van der Waals surface area contributed by atoms with Gasteiger partial charge in [0.2, 0.25) is 10.0 Å². The molecule has 0 aliphatic carbocycles. The van der Waals surface area contributed by atoms with E-state index in [-0.39, 0.29) is 17.3 Å². The Balaban J connectivity index is 2.40. The first kappa shape index (κ1) is 15.2. The maximum absolute atomic E-state index is 13.9. The van der Waals surface area contributed by atoms with Crippen molar-refractivity contribution in [1.29, 1.82) is 0 Å². The molecular formula is C12H12ClFN2O2S2. The third kappa shape index (κ3) is 2.95. The summed E-state index contributed by atoms with van der Waals surface area (Å²) >= 11 is 7.17. The zero-order valence-corrected chi connectivity index (χ0v) is 12.9. The van der Waals surface area contributed by atoms with Crippen LogP contribution in [0.15, 0.2) is 34.5 Å². The fourth-order valence-electron chi connectivity index (χ4n) is 1.65. The first-order chi connectivity index (χ1) is 9.32. The highest BCUT2D eigenvalue weighted by Crippen LogP contribution is 2.28. The molecule has 0 saturated carbocycles. The van der Waals surface area contributed by atoms with Gasteiger partial charge >= 0.3 is 0 Å². The lowest BCUT2D eigenvalue weighted by Crippen LogP contribution is -2.27. The fraction of sp³-hybridized carbons (Fsp3) is 0.167. The minimum absolute atomic E-state index is 0.0759. The van der Waals surface area contributed by atoms with Crippen LogP contribution in [-0.2, 0) is 16.6 Å². The second kappa shape index (κ2) is 5.69. The van der Waals surface area contributed by atoms with Crippen molar-refractivity contribution in [3.63, 3.8) is 0 Å². The summed E-state index contributed by atoms with van der Waals surface area (Å²) in [4.78, 5) is 0.341. The summed E-state index contributed by atoms with van der Waals surface area (Å²) in [5, 5.41) is 1.92. The molecule has 20 heavy (non-hydrogen) atoms. The number of halogens is 2. The number of sulfonamides is 1. The molecule has 0 unspecified atom stereocenters. The summed E-state index contributed by atoms with van der Waals surface area (Å²) in [5.74, 6) is -0.979. The van der Waals surface area contributed by atoms with Crippen LogP contribution < -0.4 is 5.73 Å². The van der Waals surface area contributed by atoms with Gasteiger partial charge in [0, 0.05) is 23.5 Å². The van der Waals surface area contributed by atoms with Gasteiger partial charge in [-0.1, -0.05) is 17.7 Å². The number of rotatable bonds is 4. The van der Waals surface area contributed by atoms with Crippen LogP contribution in [-0.4, -0.2) is 19.8 Å². The quantitative estimate of drug-likeness (QED) is 0.874. The van der Waals surface area contributed by atoms with Crippen LogP contribution in [0.3, 0.4) is 0 Å². The van der Waals surface area contributed by atoms with E-state index >= 15 is 0 Å². The van der Waals surface area contributed by atoms with E-state index in [9.17, 15) is 12.8 Å². The van der Waals surface area contributed by atoms with Gasteiger partial charge in [0.1, 0.15) is 4.90 Å². The first-order valence-electron chi connectivity index (χ1n) is 5.55. The Labute approximate surface area is 125 Å². The Morgan fingerprint density at radius 1 is 1.45 bits per heavy atom. The number of hydrogen-bond acceptors (Lipinski definition) is 4. The van der Waals surface area contributed by atoms with E-state index in [0.29, 0.717) is 0 Å². The molecule has 2 aromatic rings. The van der Waals surface area contributed by atoms with Crippen molar-refractivity contribution in [3.05, 3.63) is 45.4 Å². The van der Waals surface area contributed by atoms with Crippen molar-refractivity contribution < 1.29 is 12.8 Å². The molecule has 1 aromatic carbocycles. The fourth-order valence-corrected chi connectivity index (χ4v) is 4.04. The van der Waals surface area contributed by atoms with Crippen LogP contribution in [0.2, 0.25) is 5.02 Å². The number of hydrogen-bond donors (Lipinski definition) is 1. The molecule has 0 bridgehead atoms. The molecule has 8 heteroatoms. The van der Waals surface area contributed by atoms with E-state index in [4.69, 9.17) is 17.3 Å². The average Bonchev–Trinajstić information content (AvgIpc) is 2.86. The Kier molecular flexibility index (Phi) is 4.33. The van der Waals surface area contributed by atoms with Gasteiger partial charge in [-0.2, -0.15) is 4.31 Å². The summed E-state index contributed by atoms with van der Waals surface area (Å²) in [5.41, 5.74) is 5.12. The van der Waals surface area contributed by atoms with E-state index in [1.807, 2.05) is 11.4 Å². The highest BCUT2D eigenvalue weighted by atomic mass is 35.5. The van der Waals surface area contributed by atoms with Crippen LogP contribution in [0.25, 0.3) is 0 Å². The summed E-state index contributed by atoms with van der Waals surface area (Å²) in [6.07, 6.45) is 0. The Morgan fingerprint density at radius 3 is 2.75 bits per heavy atom. The topological polar surface area (TPSA) is 63.4 Å². The molecule has 1 aromatic heterocycles. The molecular weight excluding hydrogens is 323 g/mol. The largest absolute Gasteiger partial charge is 0.396 e. The van der Waals surface area contributed by atoms with Crippen molar-refractivity contribution in [2.24, 2.45) is 0 Å². The molecule has 0 aliphatic heterocycles. The molecule has 0 saturated heterocycles. The first-order valence-corrected chi connectivity index (χ1v) is 8.25. The zero-order chi connectivity index (χ0) is 14.9. The molecule has 0 fully saturated rings. The van der Waals surface area contributed by atoms with E-state index < -0.39 is 20.7 Å². The van der Waals surface area contributed by atoms with Crippen LogP contribution >= 0.6 is 22.9 Å². The van der Waals surface area contributed by atoms with Gasteiger partial charge in [-0.3, -0.25) is 0 Å². The summed E-state index contributed by atoms with van der Waals surface area (Å²) in [6.45, 7) is 0.159. The van der Waals surface area contributed by atoms with Crippen molar-refractivity contribution in [3.8, 4) is 0 Å². The molecule has 1 heterocycles. The second-order valence-electron chi connectivity index (χ2n) is 4.15. The maximum atomic E-state index is 13.9. The number of nitrogen functional groups attached to an aromatic ring is 1. The predicted molar refractivity (Wildman–Crippen MR) is 78.8 cm³/mol. The molecule has 2 N–H and O–H groups in total. The summed E-state index contributed by atoms with van der Waals surface area (Å²) in [7, 11) is -2.61. The number of thiophene rings is 1. The van der Waals surface area contributed by atoms with Crippen LogP contribution in [0, 0.1) is 5.82 Å². The molecule has 0 radical (unpaired) electrons. The molecule has 0 amide bonds. The number of nitrogens with zero attached hydrogens (tertiary/aromatic N) is 1. The Morgan fingerprint density at radius 2 is 2.15 bits per heavy atom. The maximum Gasteiger partial charge on any atom is 0.246 e. The van der Waals surface area contributed by atoms with Gasteiger partial charge in [0.05, 0.1) is 5.69 Å². The van der Waals surface area contributed by atoms with E-state index in [0.717, 1.165) is 15.2 Å². The van der Waals surface area contributed by atoms with E-state index in [1.165, 1.54) is 24.5 Å². The summed E-state index contributed by atoms with van der Waals surface area (Å²) in [6, 6.07) is 5.86. The van der Waals surface area contributed by atoms with Crippen LogP contribution in [0.1, 0.15) is 4.88 Å². The van der Waals surface area contributed by atoms with Gasteiger partial charge in [0.15, 0.2) is 5.82 Å². The van der Waals surface area contributed by atoms with E-state index in [2.05, 4.69) is 0 Å². The third-order valence-electron chi connectivity index (χ3n) is 2.68. The van der Waals surface area contributed by atoms with E-state index in [1.54, 1.807) is 6.07 Å².